The molecule has 0 spiro atoms. The lowest BCUT2D eigenvalue weighted by Crippen LogP contribution is -2.41. The van der Waals surface area contributed by atoms with Crippen molar-refractivity contribution in [1.29, 1.82) is 0 Å². The van der Waals surface area contributed by atoms with Crippen LogP contribution in [0.4, 0.5) is 4.39 Å². The lowest BCUT2D eigenvalue weighted by molar-refractivity contribution is -0.136. The Bertz CT molecular complexity index is 396. The van der Waals surface area contributed by atoms with Crippen molar-refractivity contribution in [2.45, 2.75) is 32.9 Å². The van der Waals surface area contributed by atoms with Gasteiger partial charge in [0.15, 0.2) is 0 Å². The van der Waals surface area contributed by atoms with Crippen LogP contribution in [0.3, 0.4) is 0 Å². The maximum atomic E-state index is 13.0. The van der Waals surface area contributed by atoms with E-state index < -0.39 is 11.5 Å². The van der Waals surface area contributed by atoms with Crippen LogP contribution in [-0.2, 0) is 11.3 Å². The highest BCUT2D eigenvalue weighted by Crippen LogP contribution is 2.09. The van der Waals surface area contributed by atoms with Gasteiger partial charge in [-0.1, -0.05) is 12.1 Å². The smallest absolute Gasteiger partial charge is 0.251 e. The minimum atomic E-state index is -1.39. The van der Waals surface area contributed by atoms with Crippen molar-refractivity contribution in [3.8, 4) is 0 Å². The zero-order valence-corrected chi connectivity index (χ0v) is 9.67. The highest BCUT2D eigenvalue weighted by atomic mass is 19.1. The number of aliphatic hydroxyl groups is 1. The van der Waals surface area contributed by atoms with Gasteiger partial charge >= 0.3 is 0 Å². The van der Waals surface area contributed by atoms with E-state index in [-0.39, 0.29) is 12.4 Å². The van der Waals surface area contributed by atoms with Crippen molar-refractivity contribution < 1.29 is 14.3 Å². The number of carbonyl (C=O) groups excluding carboxylic acids is 1. The molecule has 0 saturated carbocycles. The Morgan fingerprint density at radius 2 is 2.12 bits per heavy atom. The first-order chi connectivity index (χ1) is 7.30. The summed E-state index contributed by atoms with van der Waals surface area (Å²) in [6.07, 6.45) is 0. The van der Waals surface area contributed by atoms with E-state index in [1.54, 1.807) is 19.1 Å². The predicted octanol–water partition coefficient (Wildman–Crippen LogP) is 1.52. The van der Waals surface area contributed by atoms with Crippen molar-refractivity contribution in [3.63, 3.8) is 0 Å². The van der Waals surface area contributed by atoms with Gasteiger partial charge in [0.2, 0.25) is 0 Å². The third-order valence-electron chi connectivity index (χ3n) is 2.23. The van der Waals surface area contributed by atoms with Crippen LogP contribution >= 0.6 is 0 Å². The molecule has 4 heteroatoms. The second-order valence-electron chi connectivity index (χ2n) is 4.33. The standard InChI is InChI=1S/C12H16FNO2/c1-8-6-9(4-5-10(8)13)7-14-11(15)12(2,3)16/h4-6,16H,7H2,1-3H3,(H,14,15). The van der Waals surface area contributed by atoms with E-state index in [1.807, 2.05) is 0 Å². The van der Waals surface area contributed by atoms with Gasteiger partial charge in [-0.3, -0.25) is 4.79 Å². The number of rotatable bonds is 3. The van der Waals surface area contributed by atoms with Crippen molar-refractivity contribution in [3.05, 3.63) is 35.1 Å². The highest BCUT2D eigenvalue weighted by molar-refractivity contribution is 5.83. The van der Waals surface area contributed by atoms with E-state index in [1.165, 1.54) is 19.9 Å². The number of nitrogens with one attached hydrogen (secondary N) is 1. The van der Waals surface area contributed by atoms with Gasteiger partial charge in [0.05, 0.1) is 0 Å². The normalized spacial score (nSPS) is 11.3. The molecule has 0 radical (unpaired) electrons. The van der Waals surface area contributed by atoms with Crippen LogP contribution in [0.15, 0.2) is 18.2 Å². The summed E-state index contributed by atoms with van der Waals surface area (Å²) in [6.45, 7) is 4.77. The summed E-state index contributed by atoms with van der Waals surface area (Å²) in [5.41, 5.74) is -0.0544. The number of hydrogen-bond acceptors (Lipinski definition) is 2. The van der Waals surface area contributed by atoms with Gasteiger partial charge in [-0.25, -0.2) is 4.39 Å². The number of carbonyl (C=O) groups is 1. The first-order valence-corrected chi connectivity index (χ1v) is 5.06. The van der Waals surface area contributed by atoms with E-state index in [0.717, 1.165) is 5.56 Å². The first kappa shape index (κ1) is 12.6. The Morgan fingerprint density at radius 1 is 1.50 bits per heavy atom. The summed E-state index contributed by atoms with van der Waals surface area (Å²) in [6, 6.07) is 4.63. The molecule has 0 atom stereocenters. The summed E-state index contributed by atoms with van der Waals surface area (Å²) in [4.78, 5) is 11.4. The second kappa shape index (κ2) is 4.61. The molecule has 2 N–H and O–H groups in total. The fraction of sp³-hybridized carbons (Fsp3) is 0.417. The van der Waals surface area contributed by atoms with Gasteiger partial charge in [-0.05, 0) is 38.0 Å². The van der Waals surface area contributed by atoms with E-state index >= 15 is 0 Å². The molecule has 0 fully saturated rings. The third-order valence-corrected chi connectivity index (χ3v) is 2.23. The molecule has 0 aliphatic rings. The van der Waals surface area contributed by atoms with E-state index in [4.69, 9.17) is 0 Å². The average molecular weight is 225 g/mol. The van der Waals surface area contributed by atoms with Gasteiger partial charge < -0.3 is 10.4 Å². The summed E-state index contributed by atoms with van der Waals surface area (Å²) in [5, 5.41) is 12.0. The minimum Gasteiger partial charge on any atom is -0.381 e. The summed E-state index contributed by atoms with van der Waals surface area (Å²) in [7, 11) is 0. The first-order valence-electron chi connectivity index (χ1n) is 5.06. The molecule has 16 heavy (non-hydrogen) atoms. The molecule has 0 unspecified atom stereocenters. The third kappa shape index (κ3) is 3.31. The van der Waals surface area contributed by atoms with Crippen molar-refractivity contribution in [2.24, 2.45) is 0 Å². The Kier molecular flexibility index (Phi) is 3.65. The topological polar surface area (TPSA) is 49.3 Å². The number of aryl methyl sites for hydroxylation is 1. The Labute approximate surface area is 94.3 Å². The van der Waals surface area contributed by atoms with Crippen LogP contribution in [0.5, 0.6) is 0 Å². The van der Waals surface area contributed by atoms with Crippen LogP contribution in [0.1, 0.15) is 25.0 Å². The number of benzene rings is 1. The minimum absolute atomic E-state index is 0.266. The van der Waals surface area contributed by atoms with Gasteiger partial charge in [-0.2, -0.15) is 0 Å². The van der Waals surface area contributed by atoms with Gasteiger partial charge in [0.25, 0.3) is 5.91 Å². The lowest BCUT2D eigenvalue weighted by atomic mass is 10.1. The van der Waals surface area contributed by atoms with Crippen molar-refractivity contribution in [2.75, 3.05) is 0 Å². The Balaban J connectivity index is 2.62. The molecule has 1 amide bonds. The lowest BCUT2D eigenvalue weighted by Gasteiger charge is -2.16. The van der Waals surface area contributed by atoms with E-state index in [0.29, 0.717) is 5.56 Å². The summed E-state index contributed by atoms with van der Waals surface area (Å²) in [5.74, 6) is -0.716. The number of amides is 1. The molecule has 0 aliphatic carbocycles. The van der Waals surface area contributed by atoms with Crippen LogP contribution in [0.25, 0.3) is 0 Å². The molecule has 1 aromatic carbocycles. The van der Waals surface area contributed by atoms with Gasteiger partial charge in [0.1, 0.15) is 11.4 Å². The fourth-order valence-corrected chi connectivity index (χ4v) is 1.22. The van der Waals surface area contributed by atoms with Crippen LogP contribution in [0.2, 0.25) is 0 Å². The molecule has 0 saturated heterocycles. The quantitative estimate of drug-likeness (QED) is 0.819. The SMILES string of the molecule is Cc1cc(CNC(=O)C(C)(C)O)ccc1F. The molecule has 0 aliphatic heterocycles. The second-order valence-corrected chi connectivity index (χ2v) is 4.33. The van der Waals surface area contributed by atoms with Crippen LogP contribution < -0.4 is 5.32 Å². The average Bonchev–Trinajstić information content (AvgIpc) is 2.18. The molecule has 0 bridgehead atoms. The molecular formula is C12H16FNO2. The molecule has 0 aromatic heterocycles. The van der Waals surface area contributed by atoms with E-state index in [9.17, 15) is 14.3 Å². The Morgan fingerprint density at radius 3 is 2.62 bits per heavy atom. The van der Waals surface area contributed by atoms with E-state index in [2.05, 4.69) is 5.32 Å². The molecule has 3 nitrogen and oxygen atoms in total. The molecule has 1 aromatic rings. The van der Waals surface area contributed by atoms with Crippen LogP contribution in [0, 0.1) is 12.7 Å². The monoisotopic (exact) mass is 225 g/mol. The molecule has 0 heterocycles. The summed E-state index contributed by atoms with van der Waals surface area (Å²) < 4.78 is 13.0. The zero-order chi connectivity index (χ0) is 12.3. The maximum Gasteiger partial charge on any atom is 0.251 e. The molecule has 1 rings (SSSR count). The maximum absolute atomic E-state index is 13.0. The largest absolute Gasteiger partial charge is 0.381 e. The number of hydrogen-bond donors (Lipinski definition) is 2. The zero-order valence-electron chi connectivity index (χ0n) is 9.67. The van der Waals surface area contributed by atoms with Gasteiger partial charge in [-0.15, -0.1) is 0 Å². The van der Waals surface area contributed by atoms with Gasteiger partial charge in [0, 0.05) is 6.54 Å². The van der Waals surface area contributed by atoms with Crippen LogP contribution in [-0.4, -0.2) is 16.6 Å². The molecular weight excluding hydrogens is 209 g/mol. The predicted molar refractivity (Wildman–Crippen MR) is 59.3 cm³/mol. The Hall–Kier alpha value is -1.42. The summed E-state index contributed by atoms with van der Waals surface area (Å²) >= 11 is 0. The van der Waals surface area contributed by atoms with Crippen molar-refractivity contribution >= 4 is 5.91 Å². The number of halogens is 1. The highest BCUT2D eigenvalue weighted by Gasteiger charge is 2.22. The van der Waals surface area contributed by atoms with Crippen molar-refractivity contribution in [1.82, 2.24) is 5.32 Å². The fourth-order valence-electron chi connectivity index (χ4n) is 1.22. The molecule has 88 valence electrons.